The number of amides is 4. The fraction of sp³-hybridized carbons (Fsp3) is 0.689. The van der Waals surface area contributed by atoms with E-state index >= 15 is 0 Å². The van der Waals surface area contributed by atoms with Crippen molar-refractivity contribution < 1.29 is 9.59 Å². The van der Waals surface area contributed by atoms with Crippen LogP contribution in [0.5, 0.6) is 0 Å². The fourth-order valence-electron chi connectivity index (χ4n) is 6.83. The van der Waals surface area contributed by atoms with Crippen LogP contribution in [0.1, 0.15) is 154 Å². The summed E-state index contributed by atoms with van der Waals surface area (Å²) >= 11 is 0. The normalized spacial score (nSPS) is 11.3. The summed E-state index contributed by atoms with van der Waals surface area (Å²) in [6.07, 6.45) is 23.7. The van der Waals surface area contributed by atoms with Crippen molar-refractivity contribution in [3.05, 3.63) is 59.7 Å². The van der Waals surface area contributed by atoms with Crippen LogP contribution in [0.2, 0.25) is 0 Å². The van der Waals surface area contributed by atoms with Crippen molar-refractivity contribution in [1.29, 1.82) is 0 Å². The van der Waals surface area contributed by atoms with E-state index in [1.165, 1.54) is 116 Å². The van der Waals surface area contributed by atoms with Crippen molar-refractivity contribution in [1.82, 2.24) is 20.4 Å². The Bertz CT molecular complexity index is 1120. The molecule has 0 unspecified atom stereocenters. The average molecular weight is 735 g/mol. The van der Waals surface area contributed by atoms with E-state index in [4.69, 9.17) is 0 Å². The Balaban J connectivity index is 1.80. The molecule has 2 aromatic rings. The molecule has 2 rings (SSSR count). The topological polar surface area (TPSA) is 88.7 Å². The molecule has 0 aliphatic heterocycles. The van der Waals surface area contributed by atoms with Gasteiger partial charge in [0.05, 0.1) is 0 Å². The second-order valence-electron chi connectivity index (χ2n) is 15.0. The number of nitrogens with one attached hydrogen (secondary N) is 4. The highest BCUT2D eigenvalue weighted by atomic mass is 16.2. The smallest absolute Gasteiger partial charge is 0.319 e. The summed E-state index contributed by atoms with van der Waals surface area (Å²) < 4.78 is 0. The van der Waals surface area contributed by atoms with Crippen molar-refractivity contribution in [2.75, 3.05) is 63.0 Å². The molecule has 0 fully saturated rings. The molecule has 0 spiro atoms. The summed E-state index contributed by atoms with van der Waals surface area (Å²) in [5.74, 6) is 0. The number of urea groups is 2. The highest BCUT2D eigenvalue weighted by molar-refractivity contribution is 5.90. The zero-order valence-corrected chi connectivity index (χ0v) is 34.4. The summed E-state index contributed by atoms with van der Waals surface area (Å²) in [6.45, 7) is 16.5. The molecular weight excluding hydrogens is 657 g/mol. The maximum Gasteiger partial charge on any atom is 0.319 e. The van der Waals surface area contributed by atoms with Crippen LogP contribution >= 0.6 is 0 Å². The summed E-state index contributed by atoms with van der Waals surface area (Å²) in [5, 5.41) is 12.2. The summed E-state index contributed by atoms with van der Waals surface area (Å²) in [4.78, 5) is 30.7. The predicted octanol–water partition coefficient (Wildman–Crippen LogP) is 11.2. The highest BCUT2D eigenvalue weighted by Crippen LogP contribution is 2.18. The Hall–Kier alpha value is -3.10. The number of nitrogens with zero attached hydrogens (tertiary/aromatic N) is 2. The molecule has 8 heteroatoms. The molecule has 0 aliphatic rings. The van der Waals surface area contributed by atoms with E-state index in [2.05, 4.69) is 70.9 Å². The van der Waals surface area contributed by atoms with E-state index in [0.717, 1.165) is 61.8 Å². The van der Waals surface area contributed by atoms with Gasteiger partial charge in [0, 0.05) is 37.6 Å². The van der Waals surface area contributed by atoms with Crippen LogP contribution in [0.15, 0.2) is 48.5 Å². The first-order valence-electron chi connectivity index (χ1n) is 21.7. The van der Waals surface area contributed by atoms with Crippen LogP contribution in [0.3, 0.4) is 0 Å². The zero-order valence-electron chi connectivity index (χ0n) is 34.4. The Morgan fingerprint density at radius 1 is 0.453 bits per heavy atom. The molecular formula is C45H78N6O2. The van der Waals surface area contributed by atoms with Gasteiger partial charge in [0.1, 0.15) is 0 Å². The summed E-state index contributed by atoms with van der Waals surface area (Å²) in [5.41, 5.74) is 3.75. The molecule has 300 valence electrons. The lowest BCUT2D eigenvalue weighted by molar-refractivity contribution is 0.241. The summed E-state index contributed by atoms with van der Waals surface area (Å²) in [7, 11) is 0. The first kappa shape index (κ1) is 46.1. The molecule has 2 aromatic carbocycles. The maximum absolute atomic E-state index is 12.8. The number of benzene rings is 2. The van der Waals surface area contributed by atoms with E-state index in [1.807, 2.05) is 36.4 Å². The van der Waals surface area contributed by atoms with Crippen molar-refractivity contribution in [2.45, 2.75) is 150 Å². The fourth-order valence-corrected chi connectivity index (χ4v) is 6.83. The number of carbonyl (C=O) groups excluding carboxylic acids is 2. The minimum absolute atomic E-state index is 0.167. The first-order valence-corrected chi connectivity index (χ1v) is 21.7. The molecule has 0 aliphatic carbocycles. The molecule has 0 radical (unpaired) electrons. The average Bonchev–Trinajstić information content (AvgIpc) is 3.14. The van der Waals surface area contributed by atoms with Gasteiger partial charge in [-0.3, -0.25) is 0 Å². The van der Waals surface area contributed by atoms with E-state index in [-0.39, 0.29) is 12.1 Å². The third-order valence-electron chi connectivity index (χ3n) is 10.0. The van der Waals surface area contributed by atoms with Crippen molar-refractivity contribution in [3.63, 3.8) is 0 Å². The van der Waals surface area contributed by atoms with Gasteiger partial charge in [0.2, 0.25) is 0 Å². The van der Waals surface area contributed by atoms with Crippen LogP contribution in [0.4, 0.5) is 21.0 Å². The largest absolute Gasteiger partial charge is 0.337 e. The predicted molar refractivity (Wildman–Crippen MR) is 228 cm³/mol. The molecule has 0 bridgehead atoms. The van der Waals surface area contributed by atoms with Crippen molar-refractivity contribution in [3.8, 4) is 0 Å². The third kappa shape index (κ3) is 24.0. The number of hydrogen-bond acceptors (Lipinski definition) is 4. The van der Waals surface area contributed by atoms with E-state index in [1.54, 1.807) is 0 Å². The molecule has 4 N–H and O–H groups in total. The Labute approximate surface area is 325 Å². The molecule has 8 nitrogen and oxygen atoms in total. The van der Waals surface area contributed by atoms with Gasteiger partial charge in [0.15, 0.2) is 0 Å². The van der Waals surface area contributed by atoms with E-state index in [9.17, 15) is 9.59 Å². The highest BCUT2D eigenvalue weighted by Gasteiger charge is 2.10. The SMILES string of the molecule is CCCCCCCN(CCCCCC)CCNC(=O)Nc1cccc(Cc2cccc(NC(=O)NCCN(CCCCCC)CCCCCCC)c2)c1. The lowest BCUT2D eigenvalue weighted by Gasteiger charge is -2.22. The van der Waals surface area contributed by atoms with E-state index < -0.39 is 0 Å². The number of unbranched alkanes of at least 4 members (excludes halogenated alkanes) is 14. The molecule has 4 amide bonds. The van der Waals surface area contributed by atoms with Crippen molar-refractivity contribution in [2.24, 2.45) is 0 Å². The molecule has 0 aromatic heterocycles. The maximum atomic E-state index is 12.8. The zero-order chi connectivity index (χ0) is 38.2. The quantitative estimate of drug-likeness (QED) is 0.0564. The second kappa shape index (κ2) is 31.3. The van der Waals surface area contributed by atoms with Crippen molar-refractivity contribution >= 4 is 23.4 Å². The molecule has 0 saturated heterocycles. The van der Waals surface area contributed by atoms with Gasteiger partial charge in [0.25, 0.3) is 0 Å². The van der Waals surface area contributed by atoms with Crippen LogP contribution in [-0.4, -0.2) is 74.2 Å². The summed E-state index contributed by atoms with van der Waals surface area (Å²) in [6, 6.07) is 15.7. The Kier molecular flexibility index (Phi) is 27.2. The lowest BCUT2D eigenvalue weighted by Crippen LogP contribution is -2.37. The lowest BCUT2D eigenvalue weighted by atomic mass is 10.0. The van der Waals surface area contributed by atoms with Gasteiger partial charge in [-0.25, -0.2) is 9.59 Å². The molecule has 0 saturated carbocycles. The van der Waals surface area contributed by atoms with Crippen LogP contribution in [0, 0.1) is 0 Å². The molecule has 0 heterocycles. The van der Waals surface area contributed by atoms with Crippen LogP contribution < -0.4 is 21.3 Å². The number of carbonyl (C=O) groups is 2. The van der Waals surface area contributed by atoms with Crippen LogP contribution in [0.25, 0.3) is 0 Å². The number of rotatable bonds is 32. The van der Waals surface area contributed by atoms with Gasteiger partial charge in [-0.2, -0.15) is 0 Å². The Morgan fingerprint density at radius 2 is 0.792 bits per heavy atom. The molecule has 0 atom stereocenters. The minimum Gasteiger partial charge on any atom is -0.337 e. The van der Waals surface area contributed by atoms with Gasteiger partial charge in [-0.1, -0.05) is 142 Å². The number of anilines is 2. The number of hydrogen-bond donors (Lipinski definition) is 4. The standard InChI is InChI=1S/C45H78N6O2/c1-5-9-13-17-21-33-50(31-19-15-11-7-3)35-29-46-44(52)48-42-27-23-25-40(38-42)37-41-26-24-28-43(39-41)49-45(53)47-30-36-51(32-20-16-12-8-4)34-22-18-14-10-6-2/h23-28,38-39H,5-22,29-37H2,1-4H3,(H2,46,48,52)(H2,47,49,53). The van der Waals surface area contributed by atoms with Gasteiger partial charge in [-0.05, 0) is 93.7 Å². The Morgan fingerprint density at radius 3 is 1.15 bits per heavy atom. The monoisotopic (exact) mass is 735 g/mol. The third-order valence-corrected chi connectivity index (χ3v) is 10.0. The van der Waals surface area contributed by atoms with Crippen LogP contribution in [-0.2, 0) is 6.42 Å². The molecule has 53 heavy (non-hydrogen) atoms. The van der Waals surface area contributed by atoms with Gasteiger partial charge < -0.3 is 31.1 Å². The van der Waals surface area contributed by atoms with Gasteiger partial charge >= 0.3 is 12.1 Å². The second-order valence-corrected chi connectivity index (χ2v) is 15.0. The minimum atomic E-state index is -0.167. The van der Waals surface area contributed by atoms with E-state index in [0.29, 0.717) is 19.5 Å². The van der Waals surface area contributed by atoms with Gasteiger partial charge in [-0.15, -0.1) is 0 Å². The first-order chi connectivity index (χ1) is 26.0.